The zero-order chi connectivity index (χ0) is 13.8. The third-order valence-electron chi connectivity index (χ3n) is 2.77. The Morgan fingerprint density at radius 2 is 1.83 bits per heavy atom. The van der Waals surface area contributed by atoms with Crippen LogP contribution in [0.4, 0.5) is 5.69 Å². The zero-order valence-corrected chi connectivity index (χ0v) is 12.0. The Morgan fingerprint density at radius 3 is 2.33 bits per heavy atom. The number of rotatable bonds is 4. The average Bonchev–Trinajstić information content (AvgIpc) is 2.30. The van der Waals surface area contributed by atoms with Crippen LogP contribution in [-0.4, -0.2) is 19.1 Å². The maximum Gasteiger partial charge on any atom is 0.316 e. The van der Waals surface area contributed by atoms with E-state index in [0.717, 1.165) is 18.8 Å². The van der Waals surface area contributed by atoms with Crippen molar-refractivity contribution in [2.45, 2.75) is 34.6 Å². The van der Waals surface area contributed by atoms with Gasteiger partial charge in [-0.25, -0.2) is 0 Å². The first-order chi connectivity index (χ1) is 8.38. The molecule has 0 amide bonds. The molecule has 100 valence electrons. The van der Waals surface area contributed by atoms with Gasteiger partial charge in [0.25, 0.3) is 0 Å². The number of hydrogen-bond acceptors (Lipinski definition) is 3. The molecule has 0 unspecified atom stereocenters. The van der Waals surface area contributed by atoms with Crippen LogP contribution in [0.1, 0.15) is 34.6 Å². The number of nitrogens with zero attached hydrogens (tertiary/aromatic N) is 1. The highest BCUT2D eigenvalue weighted by atomic mass is 16.5. The molecule has 1 aromatic rings. The summed E-state index contributed by atoms with van der Waals surface area (Å²) in [4.78, 5) is 14.0. The van der Waals surface area contributed by atoms with Crippen LogP contribution in [0.25, 0.3) is 0 Å². The van der Waals surface area contributed by atoms with Gasteiger partial charge in [0.15, 0.2) is 0 Å². The third kappa shape index (κ3) is 3.76. The summed E-state index contributed by atoms with van der Waals surface area (Å²) in [5.41, 5.74) is 0.602. The van der Waals surface area contributed by atoms with Crippen LogP contribution in [0.3, 0.4) is 0 Å². The summed E-state index contributed by atoms with van der Waals surface area (Å²) in [6.45, 7) is 11.6. The molecule has 0 aromatic heterocycles. The van der Waals surface area contributed by atoms with Crippen molar-refractivity contribution >= 4 is 11.7 Å². The quantitative estimate of drug-likeness (QED) is 0.604. The SMILES string of the molecule is CCN(CC)c1cccc(OC(=O)C(C)(C)C)c1. The lowest BCUT2D eigenvalue weighted by atomic mass is 9.97. The minimum atomic E-state index is -0.481. The summed E-state index contributed by atoms with van der Waals surface area (Å²) >= 11 is 0. The molecule has 0 N–H and O–H groups in total. The first-order valence-corrected chi connectivity index (χ1v) is 6.45. The Bertz CT molecular complexity index is 403. The van der Waals surface area contributed by atoms with Gasteiger partial charge in [0.2, 0.25) is 0 Å². The van der Waals surface area contributed by atoms with E-state index in [1.54, 1.807) is 0 Å². The first kappa shape index (κ1) is 14.6. The minimum Gasteiger partial charge on any atom is -0.426 e. The van der Waals surface area contributed by atoms with Gasteiger partial charge in [-0.15, -0.1) is 0 Å². The number of anilines is 1. The summed E-state index contributed by atoms with van der Waals surface area (Å²) < 4.78 is 5.39. The molecule has 0 aliphatic rings. The van der Waals surface area contributed by atoms with E-state index in [0.29, 0.717) is 5.75 Å². The van der Waals surface area contributed by atoms with Crippen molar-refractivity contribution in [1.29, 1.82) is 0 Å². The Labute approximate surface area is 110 Å². The van der Waals surface area contributed by atoms with E-state index < -0.39 is 5.41 Å². The molecular formula is C15H23NO2. The van der Waals surface area contributed by atoms with Crippen LogP contribution >= 0.6 is 0 Å². The molecule has 0 heterocycles. The molecule has 1 aromatic carbocycles. The number of carbonyl (C=O) groups excluding carboxylic acids is 1. The standard InChI is InChI=1S/C15H23NO2/c1-6-16(7-2)12-9-8-10-13(11-12)18-14(17)15(3,4)5/h8-11H,6-7H2,1-5H3. The van der Waals surface area contributed by atoms with E-state index in [2.05, 4.69) is 18.7 Å². The fourth-order valence-electron chi connectivity index (χ4n) is 1.59. The van der Waals surface area contributed by atoms with Crippen molar-refractivity contribution < 1.29 is 9.53 Å². The Balaban J connectivity index is 2.86. The summed E-state index contributed by atoms with van der Waals surface area (Å²) in [6, 6.07) is 7.67. The number of ether oxygens (including phenoxy) is 1. The second-order valence-electron chi connectivity index (χ2n) is 5.31. The van der Waals surface area contributed by atoms with Crippen LogP contribution < -0.4 is 9.64 Å². The van der Waals surface area contributed by atoms with Gasteiger partial charge in [0.05, 0.1) is 5.41 Å². The predicted molar refractivity (Wildman–Crippen MR) is 75.1 cm³/mol. The number of hydrogen-bond donors (Lipinski definition) is 0. The van der Waals surface area contributed by atoms with Crippen LogP contribution in [0, 0.1) is 5.41 Å². The topological polar surface area (TPSA) is 29.5 Å². The highest BCUT2D eigenvalue weighted by Gasteiger charge is 2.23. The third-order valence-corrected chi connectivity index (χ3v) is 2.77. The van der Waals surface area contributed by atoms with E-state index in [-0.39, 0.29) is 5.97 Å². The molecule has 0 radical (unpaired) electrons. The Hall–Kier alpha value is -1.51. The van der Waals surface area contributed by atoms with E-state index in [1.807, 2.05) is 45.0 Å². The van der Waals surface area contributed by atoms with Gasteiger partial charge in [-0.1, -0.05) is 6.07 Å². The van der Waals surface area contributed by atoms with Crippen molar-refractivity contribution in [3.05, 3.63) is 24.3 Å². The Morgan fingerprint density at radius 1 is 1.22 bits per heavy atom. The molecule has 0 atom stereocenters. The predicted octanol–water partition coefficient (Wildman–Crippen LogP) is 3.48. The molecule has 3 nitrogen and oxygen atoms in total. The Kier molecular flexibility index (Phi) is 4.76. The minimum absolute atomic E-state index is 0.209. The lowest BCUT2D eigenvalue weighted by Crippen LogP contribution is -2.26. The molecule has 0 saturated carbocycles. The van der Waals surface area contributed by atoms with E-state index >= 15 is 0 Å². The fourth-order valence-corrected chi connectivity index (χ4v) is 1.59. The monoisotopic (exact) mass is 249 g/mol. The van der Waals surface area contributed by atoms with Gasteiger partial charge in [-0.05, 0) is 46.8 Å². The second kappa shape index (κ2) is 5.89. The van der Waals surface area contributed by atoms with Crippen molar-refractivity contribution in [3.63, 3.8) is 0 Å². The summed E-state index contributed by atoms with van der Waals surface area (Å²) in [6.07, 6.45) is 0. The normalized spacial score (nSPS) is 11.2. The number of benzene rings is 1. The van der Waals surface area contributed by atoms with Gasteiger partial charge in [0, 0.05) is 24.8 Å². The molecule has 0 aliphatic carbocycles. The summed E-state index contributed by atoms with van der Waals surface area (Å²) in [7, 11) is 0. The van der Waals surface area contributed by atoms with Crippen molar-refractivity contribution in [2.24, 2.45) is 5.41 Å². The van der Waals surface area contributed by atoms with E-state index in [1.165, 1.54) is 0 Å². The van der Waals surface area contributed by atoms with Gasteiger partial charge >= 0.3 is 5.97 Å². The molecule has 0 spiro atoms. The average molecular weight is 249 g/mol. The van der Waals surface area contributed by atoms with Gasteiger partial charge < -0.3 is 9.64 Å². The van der Waals surface area contributed by atoms with Crippen LogP contribution in [0.2, 0.25) is 0 Å². The number of carbonyl (C=O) groups is 1. The van der Waals surface area contributed by atoms with Gasteiger partial charge in [-0.3, -0.25) is 4.79 Å². The first-order valence-electron chi connectivity index (χ1n) is 6.45. The van der Waals surface area contributed by atoms with Crippen LogP contribution in [0.15, 0.2) is 24.3 Å². The van der Waals surface area contributed by atoms with Gasteiger partial charge in [0.1, 0.15) is 5.75 Å². The highest BCUT2D eigenvalue weighted by Crippen LogP contribution is 2.24. The zero-order valence-electron chi connectivity index (χ0n) is 12.0. The van der Waals surface area contributed by atoms with E-state index in [9.17, 15) is 4.79 Å². The highest BCUT2D eigenvalue weighted by molar-refractivity contribution is 5.78. The van der Waals surface area contributed by atoms with E-state index in [4.69, 9.17) is 4.74 Å². The molecule has 0 fully saturated rings. The molecule has 3 heteroatoms. The lowest BCUT2D eigenvalue weighted by molar-refractivity contribution is -0.142. The molecule has 0 bridgehead atoms. The van der Waals surface area contributed by atoms with Crippen molar-refractivity contribution in [1.82, 2.24) is 0 Å². The molecule has 0 aliphatic heterocycles. The smallest absolute Gasteiger partial charge is 0.316 e. The van der Waals surface area contributed by atoms with Crippen molar-refractivity contribution in [3.8, 4) is 5.75 Å². The largest absolute Gasteiger partial charge is 0.426 e. The molecule has 0 saturated heterocycles. The lowest BCUT2D eigenvalue weighted by Gasteiger charge is -2.22. The molecular weight excluding hydrogens is 226 g/mol. The maximum atomic E-state index is 11.8. The van der Waals surface area contributed by atoms with Crippen LogP contribution in [0.5, 0.6) is 5.75 Å². The molecule has 18 heavy (non-hydrogen) atoms. The summed E-state index contributed by atoms with van der Waals surface area (Å²) in [5, 5.41) is 0. The molecule has 1 rings (SSSR count). The second-order valence-corrected chi connectivity index (χ2v) is 5.31. The fraction of sp³-hybridized carbons (Fsp3) is 0.533. The van der Waals surface area contributed by atoms with Crippen LogP contribution in [-0.2, 0) is 4.79 Å². The number of esters is 1. The van der Waals surface area contributed by atoms with Gasteiger partial charge in [-0.2, -0.15) is 0 Å². The summed E-state index contributed by atoms with van der Waals surface area (Å²) in [5.74, 6) is 0.401. The maximum absolute atomic E-state index is 11.8. The van der Waals surface area contributed by atoms with Crippen molar-refractivity contribution in [2.75, 3.05) is 18.0 Å².